The molecule has 0 spiro atoms. The molecule has 0 amide bonds. The van der Waals surface area contributed by atoms with Gasteiger partial charge in [-0.3, -0.25) is 5.41 Å². The average molecular weight is 197 g/mol. The Morgan fingerprint density at radius 3 is 1.50 bits per heavy atom. The van der Waals surface area contributed by atoms with Crippen LogP contribution in [0.25, 0.3) is 0 Å². The SMILES string of the molecule is N=C(N)N1CCCCCCCCCC1. The Hall–Kier alpha value is -0.730. The number of nitrogens with one attached hydrogen (secondary N) is 1. The molecule has 3 heteroatoms. The molecule has 1 saturated heterocycles. The van der Waals surface area contributed by atoms with Crippen molar-refractivity contribution in [2.45, 2.75) is 51.4 Å². The zero-order valence-electron chi connectivity index (χ0n) is 9.10. The van der Waals surface area contributed by atoms with Crippen LogP contribution in [0, 0.1) is 5.41 Å². The first-order chi connectivity index (χ1) is 6.80. The van der Waals surface area contributed by atoms with Crippen molar-refractivity contribution in [3.05, 3.63) is 0 Å². The molecule has 0 bridgehead atoms. The van der Waals surface area contributed by atoms with E-state index < -0.39 is 0 Å². The Bertz CT molecular complexity index is 156. The molecule has 0 unspecified atom stereocenters. The predicted octanol–water partition coefficient (Wildman–Crippen LogP) is 2.32. The molecule has 0 saturated carbocycles. The second-order valence-corrected chi connectivity index (χ2v) is 4.20. The quantitative estimate of drug-likeness (QED) is 0.462. The number of guanidine groups is 1. The van der Waals surface area contributed by atoms with Crippen molar-refractivity contribution in [2.75, 3.05) is 13.1 Å². The summed E-state index contributed by atoms with van der Waals surface area (Å²) < 4.78 is 0. The lowest BCUT2D eigenvalue weighted by molar-refractivity contribution is 0.387. The van der Waals surface area contributed by atoms with Gasteiger partial charge in [0.2, 0.25) is 0 Å². The minimum Gasteiger partial charge on any atom is -0.370 e. The molecular formula is C11H23N3. The largest absolute Gasteiger partial charge is 0.370 e. The van der Waals surface area contributed by atoms with E-state index in [-0.39, 0.29) is 5.96 Å². The van der Waals surface area contributed by atoms with Crippen LogP contribution < -0.4 is 5.73 Å². The summed E-state index contributed by atoms with van der Waals surface area (Å²) in [6, 6.07) is 0. The van der Waals surface area contributed by atoms with Crippen LogP contribution in [-0.4, -0.2) is 23.9 Å². The van der Waals surface area contributed by atoms with Crippen LogP contribution in [-0.2, 0) is 0 Å². The molecule has 1 aliphatic rings. The summed E-state index contributed by atoms with van der Waals surface area (Å²) in [4.78, 5) is 2.02. The van der Waals surface area contributed by atoms with E-state index in [0.29, 0.717) is 0 Å². The van der Waals surface area contributed by atoms with E-state index in [1.54, 1.807) is 0 Å². The van der Waals surface area contributed by atoms with Gasteiger partial charge in [-0.15, -0.1) is 0 Å². The van der Waals surface area contributed by atoms with E-state index in [9.17, 15) is 0 Å². The molecule has 1 heterocycles. The van der Waals surface area contributed by atoms with Gasteiger partial charge in [-0.2, -0.15) is 0 Å². The third kappa shape index (κ3) is 4.49. The van der Waals surface area contributed by atoms with Gasteiger partial charge >= 0.3 is 0 Å². The molecule has 0 aromatic rings. The van der Waals surface area contributed by atoms with E-state index in [1.165, 1.54) is 51.4 Å². The highest BCUT2D eigenvalue weighted by Crippen LogP contribution is 2.11. The van der Waals surface area contributed by atoms with Gasteiger partial charge in [-0.1, -0.05) is 38.5 Å². The fourth-order valence-corrected chi connectivity index (χ4v) is 2.02. The fourth-order valence-electron chi connectivity index (χ4n) is 2.02. The highest BCUT2D eigenvalue weighted by atomic mass is 15.2. The van der Waals surface area contributed by atoms with Crippen LogP contribution in [0.1, 0.15) is 51.4 Å². The topological polar surface area (TPSA) is 53.1 Å². The zero-order valence-corrected chi connectivity index (χ0v) is 9.10. The van der Waals surface area contributed by atoms with Gasteiger partial charge in [0.1, 0.15) is 0 Å². The molecule has 1 fully saturated rings. The average Bonchev–Trinajstić information content (AvgIpc) is 2.21. The van der Waals surface area contributed by atoms with Crippen molar-refractivity contribution < 1.29 is 0 Å². The summed E-state index contributed by atoms with van der Waals surface area (Å²) >= 11 is 0. The molecule has 1 aliphatic heterocycles. The molecule has 0 radical (unpaired) electrons. The summed E-state index contributed by atoms with van der Waals surface area (Å²) in [5, 5.41) is 7.44. The molecule has 14 heavy (non-hydrogen) atoms. The van der Waals surface area contributed by atoms with Crippen LogP contribution in [0.15, 0.2) is 0 Å². The Morgan fingerprint density at radius 2 is 1.14 bits per heavy atom. The second-order valence-electron chi connectivity index (χ2n) is 4.20. The van der Waals surface area contributed by atoms with E-state index in [1.807, 2.05) is 4.90 Å². The van der Waals surface area contributed by atoms with Crippen molar-refractivity contribution in [1.82, 2.24) is 4.90 Å². The Kier molecular flexibility index (Phi) is 5.42. The summed E-state index contributed by atoms with van der Waals surface area (Å²) in [7, 11) is 0. The number of nitrogens with zero attached hydrogens (tertiary/aromatic N) is 1. The smallest absolute Gasteiger partial charge is 0.188 e. The summed E-state index contributed by atoms with van der Waals surface area (Å²) in [6.45, 7) is 1.96. The minimum absolute atomic E-state index is 0.254. The maximum absolute atomic E-state index is 7.44. The minimum atomic E-state index is 0.254. The second kappa shape index (κ2) is 6.68. The highest BCUT2D eigenvalue weighted by Gasteiger charge is 2.06. The van der Waals surface area contributed by atoms with Gasteiger partial charge in [0, 0.05) is 13.1 Å². The summed E-state index contributed by atoms with van der Waals surface area (Å²) in [5.74, 6) is 0.254. The van der Waals surface area contributed by atoms with Crippen molar-refractivity contribution in [2.24, 2.45) is 5.73 Å². The first-order valence-electron chi connectivity index (χ1n) is 5.89. The molecule has 3 N–H and O–H groups in total. The third-order valence-corrected chi connectivity index (χ3v) is 2.95. The third-order valence-electron chi connectivity index (χ3n) is 2.95. The number of nitrogens with two attached hydrogens (primary N) is 1. The van der Waals surface area contributed by atoms with Crippen LogP contribution in [0.5, 0.6) is 0 Å². The van der Waals surface area contributed by atoms with Gasteiger partial charge in [0.05, 0.1) is 0 Å². The van der Waals surface area contributed by atoms with Gasteiger partial charge in [0.25, 0.3) is 0 Å². The van der Waals surface area contributed by atoms with Gasteiger partial charge in [-0.25, -0.2) is 0 Å². The standard InChI is InChI=1S/C11H23N3/c12-11(13)14-9-7-5-3-1-2-4-6-8-10-14/h1-10H2,(H3,12,13). The van der Waals surface area contributed by atoms with E-state index in [4.69, 9.17) is 11.1 Å². The van der Waals surface area contributed by atoms with Crippen LogP contribution in [0.4, 0.5) is 0 Å². The number of hydrogen-bond donors (Lipinski definition) is 2. The molecule has 0 aliphatic carbocycles. The first kappa shape index (κ1) is 11.3. The monoisotopic (exact) mass is 197 g/mol. The van der Waals surface area contributed by atoms with Crippen molar-refractivity contribution in [1.29, 1.82) is 5.41 Å². The molecule has 0 aromatic heterocycles. The highest BCUT2D eigenvalue weighted by molar-refractivity contribution is 5.74. The maximum Gasteiger partial charge on any atom is 0.188 e. The van der Waals surface area contributed by atoms with Crippen LogP contribution in [0.3, 0.4) is 0 Å². The molecule has 82 valence electrons. The molecule has 0 atom stereocenters. The normalized spacial score (nSPS) is 21.3. The van der Waals surface area contributed by atoms with E-state index in [2.05, 4.69) is 0 Å². The van der Waals surface area contributed by atoms with Gasteiger partial charge < -0.3 is 10.6 Å². The zero-order chi connectivity index (χ0) is 10.2. The van der Waals surface area contributed by atoms with E-state index in [0.717, 1.165) is 13.1 Å². The summed E-state index contributed by atoms with van der Waals surface area (Å²) in [6.07, 6.45) is 10.5. The van der Waals surface area contributed by atoms with Crippen LogP contribution >= 0.6 is 0 Å². The Morgan fingerprint density at radius 1 is 0.786 bits per heavy atom. The predicted molar refractivity (Wildman–Crippen MR) is 60.4 cm³/mol. The van der Waals surface area contributed by atoms with Crippen molar-refractivity contribution in [3.63, 3.8) is 0 Å². The first-order valence-corrected chi connectivity index (χ1v) is 5.89. The van der Waals surface area contributed by atoms with Gasteiger partial charge in [0.15, 0.2) is 5.96 Å². The fraction of sp³-hybridized carbons (Fsp3) is 0.909. The van der Waals surface area contributed by atoms with Gasteiger partial charge in [-0.05, 0) is 12.8 Å². The van der Waals surface area contributed by atoms with Crippen LogP contribution in [0.2, 0.25) is 0 Å². The lowest BCUT2D eigenvalue weighted by Crippen LogP contribution is -2.37. The molecule has 1 rings (SSSR count). The molecule has 3 nitrogen and oxygen atoms in total. The van der Waals surface area contributed by atoms with Crippen molar-refractivity contribution >= 4 is 5.96 Å². The molecule has 0 aromatic carbocycles. The maximum atomic E-state index is 7.44. The van der Waals surface area contributed by atoms with E-state index >= 15 is 0 Å². The molecular weight excluding hydrogens is 174 g/mol. The summed E-state index contributed by atoms with van der Waals surface area (Å²) in [5.41, 5.74) is 5.53. The van der Waals surface area contributed by atoms with Crippen molar-refractivity contribution in [3.8, 4) is 0 Å². The number of rotatable bonds is 0. The lowest BCUT2D eigenvalue weighted by atomic mass is 10.1. The Balaban J connectivity index is 2.31. The Labute approximate surface area is 87.2 Å². The number of hydrogen-bond acceptors (Lipinski definition) is 1. The lowest BCUT2D eigenvalue weighted by Gasteiger charge is -2.22.